The Bertz CT molecular complexity index is 316. The topological polar surface area (TPSA) is 50.1 Å². The Hall–Kier alpha value is -0.520. The summed E-state index contributed by atoms with van der Waals surface area (Å²) in [5.74, 6) is 0.953. The first-order valence-corrected chi connectivity index (χ1v) is 6.56. The zero-order valence-electron chi connectivity index (χ0n) is 10.2. The van der Waals surface area contributed by atoms with Crippen molar-refractivity contribution in [2.45, 2.75) is 31.0 Å². The van der Waals surface area contributed by atoms with Crippen molar-refractivity contribution in [3.05, 3.63) is 12.4 Å². The van der Waals surface area contributed by atoms with Crippen LogP contribution in [0, 0.1) is 0 Å². The summed E-state index contributed by atoms with van der Waals surface area (Å²) >= 11 is 1.72. The van der Waals surface area contributed by atoms with Crippen LogP contribution in [0.15, 0.2) is 17.6 Å². The molecule has 0 spiro atoms. The van der Waals surface area contributed by atoms with Crippen molar-refractivity contribution in [1.29, 1.82) is 0 Å². The van der Waals surface area contributed by atoms with Crippen molar-refractivity contribution in [3.8, 4) is 0 Å². The highest BCUT2D eigenvalue weighted by atomic mass is 32.2. The maximum atomic E-state index is 9.34. The molecule has 0 bridgehead atoms. The number of nitrogens with zero attached hydrogens (tertiary/aromatic N) is 2. The molecule has 1 heterocycles. The zero-order chi connectivity index (χ0) is 12.0. The first-order chi connectivity index (χ1) is 7.61. The Balaban J connectivity index is 2.36. The van der Waals surface area contributed by atoms with E-state index in [1.165, 1.54) is 0 Å². The average molecular weight is 243 g/mol. The molecule has 1 aromatic rings. The van der Waals surface area contributed by atoms with Crippen molar-refractivity contribution in [1.82, 2.24) is 14.9 Å². The van der Waals surface area contributed by atoms with E-state index in [2.05, 4.69) is 24.1 Å². The van der Waals surface area contributed by atoms with Gasteiger partial charge in [0, 0.05) is 30.7 Å². The Morgan fingerprint density at radius 1 is 1.62 bits per heavy atom. The molecule has 0 aliphatic rings. The fourth-order valence-corrected chi connectivity index (χ4v) is 2.64. The average Bonchev–Trinajstić information content (AvgIpc) is 2.65. The largest absolute Gasteiger partial charge is 0.394 e. The van der Waals surface area contributed by atoms with E-state index in [4.69, 9.17) is 0 Å². The van der Waals surface area contributed by atoms with Crippen LogP contribution in [0.5, 0.6) is 0 Å². The fraction of sp³-hybridized carbons (Fsp3) is 0.727. The van der Waals surface area contributed by atoms with Crippen molar-refractivity contribution in [2.75, 3.05) is 18.9 Å². The molecule has 0 saturated heterocycles. The summed E-state index contributed by atoms with van der Waals surface area (Å²) in [5.41, 5.74) is -0.174. The van der Waals surface area contributed by atoms with E-state index in [-0.39, 0.29) is 12.1 Å². The summed E-state index contributed by atoms with van der Waals surface area (Å²) in [6, 6.07) is 0. The van der Waals surface area contributed by atoms with Crippen LogP contribution in [0.4, 0.5) is 0 Å². The minimum atomic E-state index is -0.174. The number of rotatable bonds is 7. The van der Waals surface area contributed by atoms with Crippen LogP contribution < -0.4 is 5.32 Å². The van der Waals surface area contributed by atoms with Crippen molar-refractivity contribution < 1.29 is 5.11 Å². The molecule has 0 aliphatic carbocycles. The van der Waals surface area contributed by atoms with Gasteiger partial charge in [0.05, 0.1) is 6.61 Å². The first kappa shape index (κ1) is 13.5. The van der Waals surface area contributed by atoms with Crippen molar-refractivity contribution >= 4 is 11.8 Å². The fourth-order valence-electron chi connectivity index (χ4n) is 1.51. The number of imidazole rings is 1. The van der Waals surface area contributed by atoms with Gasteiger partial charge < -0.3 is 15.0 Å². The Morgan fingerprint density at radius 3 is 2.88 bits per heavy atom. The van der Waals surface area contributed by atoms with Gasteiger partial charge in [0.2, 0.25) is 0 Å². The van der Waals surface area contributed by atoms with Crippen LogP contribution in [0.25, 0.3) is 0 Å². The maximum Gasteiger partial charge on any atom is 0.167 e. The number of thioether (sulfide) groups is 1. The van der Waals surface area contributed by atoms with Crippen molar-refractivity contribution in [2.24, 2.45) is 7.05 Å². The van der Waals surface area contributed by atoms with E-state index in [0.29, 0.717) is 0 Å². The first-order valence-electron chi connectivity index (χ1n) is 5.57. The summed E-state index contributed by atoms with van der Waals surface area (Å²) in [5, 5.41) is 13.7. The van der Waals surface area contributed by atoms with Crippen LogP contribution >= 0.6 is 11.8 Å². The predicted octanol–water partition coefficient (Wildman–Crippen LogP) is 1.26. The highest BCUT2D eigenvalue weighted by Crippen LogP contribution is 2.19. The van der Waals surface area contributed by atoms with Gasteiger partial charge in [0.1, 0.15) is 0 Å². The summed E-state index contributed by atoms with van der Waals surface area (Å²) in [6.45, 7) is 5.15. The summed E-state index contributed by atoms with van der Waals surface area (Å²) in [4.78, 5) is 4.25. The molecule has 0 aromatic carbocycles. The monoisotopic (exact) mass is 243 g/mol. The number of aliphatic hydroxyl groups is 1. The number of aryl methyl sites for hydroxylation is 1. The molecule has 5 heteroatoms. The molecule has 1 aromatic heterocycles. The van der Waals surface area contributed by atoms with Crippen LogP contribution in [-0.4, -0.2) is 39.1 Å². The molecule has 0 aliphatic heterocycles. The molecule has 1 rings (SSSR count). The van der Waals surface area contributed by atoms with Gasteiger partial charge in [-0.25, -0.2) is 4.98 Å². The maximum absolute atomic E-state index is 9.34. The van der Waals surface area contributed by atoms with Gasteiger partial charge in [-0.1, -0.05) is 18.7 Å². The third kappa shape index (κ3) is 3.81. The molecule has 4 nitrogen and oxygen atoms in total. The van der Waals surface area contributed by atoms with Crippen LogP contribution in [0.1, 0.15) is 20.3 Å². The number of likely N-dealkylation sites (N-methyl/N-ethyl adjacent to an activating group) is 1. The third-order valence-corrected chi connectivity index (χ3v) is 3.67. The molecule has 0 saturated carbocycles. The summed E-state index contributed by atoms with van der Waals surface area (Å²) in [7, 11) is 1.99. The lowest BCUT2D eigenvalue weighted by molar-refractivity contribution is 0.173. The van der Waals surface area contributed by atoms with Gasteiger partial charge >= 0.3 is 0 Å². The SMILES string of the molecule is CCNC(C)(CO)CCSc1nccn1C. The second-order valence-electron chi connectivity index (χ2n) is 4.17. The van der Waals surface area contributed by atoms with E-state index in [1.54, 1.807) is 18.0 Å². The smallest absolute Gasteiger partial charge is 0.167 e. The molecule has 0 radical (unpaired) electrons. The predicted molar refractivity (Wildman–Crippen MR) is 67.7 cm³/mol. The molecule has 1 unspecified atom stereocenters. The van der Waals surface area contributed by atoms with E-state index in [0.717, 1.165) is 23.9 Å². The molecule has 16 heavy (non-hydrogen) atoms. The van der Waals surface area contributed by atoms with Crippen molar-refractivity contribution in [3.63, 3.8) is 0 Å². The van der Waals surface area contributed by atoms with E-state index < -0.39 is 0 Å². The summed E-state index contributed by atoms with van der Waals surface area (Å²) in [6.07, 6.45) is 4.67. The molecule has 2 N–H and O–H groups in total. The number of nitrogens with one attached hydrogen (secondary N) is 1. The van der Waals surface area contributed by atoms with Crippen LogP contribution in [0.2, 0.25) is 0 Å². The second kappa shape index (κ2) is 6.27. The number of aromatic nitrogens is 2. The highest BCUT2D eigenvalue weighted by molar-refractivity contribution is 7.99. The Labute approximate surface area is 101 Å². The van der Waals surface area contributed by atoms with Gasteiger partial charge in [0.15, 0.2) is 5.16 Å². The van der Waals surface area contributed by atoms with Crippen LogP contribution in [0.3, 0.4) is 0 Å². The Morgan fingerprint density at radius 2 is 2.38 bits per heavy atom. The van der Waals surface area contributed by atoms with Gasteiger partial charge in [-0.05, 0) is 19.9 Å². The quantitative estimate of drug-likeness (QED) is 0.708. The van der Waals surface area contributed by atoms with E-state index in [9.17, 15) is 5.11 Å². The zero-order valence-corrected chi connectivity index (χ0v) is 11.0. The third-order valence-electron chi connectivity index (χ3n) is 2.61. The van der Waals surface area contributed by atoms with Gasteiger partial charge in [0.25, 0.3) is 0 Å². The Kier molecular flexibility index (Phi) is 5.31. The van der Waals surface area contributed by atoms with Gasteiger partial charge in [-0.2, -0.15) is 0 Å². The number of aliphatic hydroxyl groups excluding tert-OH is 1. The molecular formula is C11H21N3OS. The normalized spacial score (nSPS) is 15.0. The standard InChI is InChI=1S/C11H21N3OS/c1-4-13-11(2,9-15)5-8-16-10-12-6-7-14(10)3/h6-7,13,15H,4-5,8-9H2,1-3H3. The van der Waals surface area contributed by atoms with E-state index >= 15 is 0 Å². The number of hydrogen-bond acceptors (Lipinski definition) is 4. The lowest BCUT2D eigenvalue weighted by Gasteiger charge is -2.28. The molecule has 1 atom stereocenters. The lowest BCUT2D eigenvalue weighted by Crippen LogP contribution is -2.46. The van der Waals surface area contributed by atoms with Gasteiger partial charge in [-0.15, -0.1) is 0 Å². The summed E-state index contributed by atoms with van der Waals surface area (Å²) < 4.78 is 2.01. The van der Waals surface area contributed by atoms with Crippen LogP contribution in [-0.2, 0) is 7.05 Å². The molecule has 0 amide bonds. The molecule has 0 fully saturated rings. The lowest BCUT2D eigenvalue weighted by atomic mass is 10.0. The molecule has 92 valence electrons. The second-order valence-corrected chi connectivity index (χ2v) is 5.23. The minimum absolute atomic E-state index is 0.169. The van der Waals surface area contributed by atoms with Gasteiger partial charge in [-0.3, -0.25) is 0 Å². The number of hydrogen-bond donors (Lipinski definition) is 2. The van der Waals surface area contributed by atoms with E-state index in [1.807, 2.05) is 17.8 Å². The minimum Gasteiger partial charge on any atom is -0.394 e. The highest BCUT2D eigenvalue weighted by Gasteiger charge is 2.21. The molecular weight excluding hydrogens is 222 g/mol.